The summed E-state index contributed by atoms with van der Waals surface area (Å²) in [6, 6.07) is 0. The molecule has 1 fully saturated rings. The molecule has 0 spiro atoms. The highest BCUT2D eigenvalue weighted by molar-refractivity contribution is 7.98. The van der Waals surface area contributed by atoms with Crippen LogP contribution in [0.4, 0.5) is 0 Å². The lowest BCUT2D eigenvalue weighted by atomic mass is 9.54. The number of ether oxygens (including phenoxy) is 1. The van der Waals surface area contributed by atoms with E-state index < -0.39 is 16.9 Å². The zero-order valence-electron chi connectivity index (χ0n) is 12.0. The van der Waals surface area contributed by atoms with Crippen molar-refractivity contribution in [2.45, 2.75) is 45.3 Å². The summed E-state index contributed by atoms with van der Waals surface area (Å²) in [6.45, 7) is 6.09. The number of carboxylic acids is 1. The minimum atomic E-state index is -1.21. The maximum absolute atomic E-state index is 11.8. The Balaban J connectivity index is 2.78. The predicted octanol–water partition coefficient (Wildman–Crippen LogP) is 1.51. The van der Waals surface area contributed by atoms with Gasteiger partial charge in [-0.15, -0.1) is 0 Å². The monoisotopic (exact) mass is 289 g/mol. The van der Waals surface area contributed by atoms with Gasteiger partial charge in [-0.3, -0.25) is 4.79 Å². The van der Waals surface area contributed by atoms with Gasteiger partial charge in [0.25, 0.3) is 0 Å². The molecule has 1 aliphatic carbocycles. The highest BCUT2D eigenvalue weighted by Crippen LogP contribution is 2.51. The van der Waals surface area contributed by atoms with Crippen molar-refractivity contribution in [3.8, 4) is 0 Å². The fraction of sp³-hybridized carbons (Fsp3) is 0.846. The maximum Gasteiger partial charge on any atom is 0.330 e. The largest absolute Gasteiger partial charge is 0.479 e. The van der Waals surface area contributed by atoms with Gasteiger partial charge in [0.1, 0.15) is 5.54 Å². The van der Waals surface area contributed by atoms with E-state index in [1.54, 1.807) is 11.8 Å². The standard InChI is InChI=1S/C13H23NO4S/c1-5-18-9-8-13(11(16)17,12(9,2)3)14-10(15)6-7-19-4/h9H,5-8H2,1-4H3,(H,14,15)(H,16,17). The van der Waals surface area contributed by atoms with Crippen LogP contribution >= 0.6 is 11.8 Å². The fourth-order valence-electron chi connectivity index (χ4n) is 2.53. The zero-order valence-corrected chi connectivity index (χ0v) is 12.8. The van der Waals surface area contributed by atoms with E-state index in [1.165, 1.54) is 0 Å². The third kappa shape index (κ3) is 2.89. The number of carbonyl (C=O) groups excluding carboxylic acids is 1. The van der Waals surface area contributed by atoms with Gasteiger partial charge in [-0.1, -0.05) is 13.8 Å². The molecule has 0 aromatic rings. The van der Waals surface area contributed by atoms with Crippen LogP contribution in [0.2, 0.25) is 0 Å². The van der Waals surface area contributed by atoms with Crippen LogP contribution in [0.15, 0.2) is 0 Å². The van der Waals surface area contributed by atoms with Crippen LogP contribution in [0.3, 0.4) is 0 Å². The number of hydrogen-bond acceptors (Lipinski definition) is 4. The Morgan fingerprint density at radius 1 is 1.47 bits per heavy atom. The third-order valence-electron chi connectivity index (χ3n) is 4.02. The fourth-order valence-corrected chi connectivity index (χ4v) is 2.92. The summed E-state index contributed by atoms with van der Waals surface area (Å²) in [5, 5.41) is 12.2. The van der Waals surface area contributed by atoms with Crippen molar-refractivity contribution in [3.63, 3.8) is 0 Å². The lowest BCUT2D eigenvalue weighted by Gasteiger charge is -2.58. The lowest BCUT2D eigenvalue weighted by molar-refractivity contribution is -0.194. The first-order chi connectivity index (χ1) is 8.81. The molecule has 2 N–H and O–H groups in total. The van der Waals surface area contributed by atoms with E-state index in [9.17, 15) is 14.7 Å². The highest BCUT2D eigenvalue weighted by Gasteiger charge is 2.66. The molecule has 0 aromatic heterocycles. The first-order valence-corrected chi connectivity index (χ1v) is 7.86. The Morgan fingerprint density at radius 2 is 2.11 bits per heavy atom. The first-order valence-electron chi connectivity index (χ1n) is 6.46. The maximum atomic E-state index is 11.8. The van der Waals surface area contributed by atoms with E-state index in [-0.39, 0.29) is 12.0 Å². The van der Waals surface area contributed by atoms with Crippen molar-refractivity contribution in [1.82, 2.24) is 5.32 Å². The smallest absolute Gasteiger partial charge is 0.330 e. The summed E-state index contributed by atoms with van der Waals surface area (Å²) < 4.78 is 5.54. The number of hydrogen-bond donors (Lipinski definition) is 2. The van der Waals surface area contributed by atoms with Gasteiger partial charge in [0.2, 0.25) is 5.91 Å². The van der Waals surface area contributed by atoms with Crippen LogP contribution in [0.25, 0.3) is 0 Å². The molecular weight excluding hydrogens is 266 g/mol. The van der Waals surface area contributed by atoms with Crippen molar-refractivity contribution in [1.29, 1.82) is 0 Å². The second-order valence-corrected chi connectivity index (χ2v) is 6.36. The Labute approximate surface area is 118 Å². The van der Waals surface area contributed by atoms with Gasteiger partial charge in [-0.25, -0.2) is 4.79 Å². The van der Waals surface area contributed by atoms with Gasteiger partial charge in [-0.2, -0.15) is 11.8 Å². The summed E-state index contributed by atoms with van der Waals surface area (Å²) in [7, 11) is 0. The Bertz CT molecular complexity index is 359. The molecular formula is C13H23NO4S. The number of rotatable bonds is 7. The van der Waals surface area contributed by atoms with Crippen molar-refractivity contribution < 1.29 is 19.4 Å². The Hall–Kier alpha value is -0.750. The zero-order chi connectivity index (χ0) is 14.7. The van der Waals surface area contributed by atoms with Gasteiger partial charge in [0, 0.05) is 30.6 Å². The molecule has 0 saturated heterocycles. The van der Waals surface area contributed by atoms with Crippen molar-refractivity contribution >= 4 is 23.6 Å². The van der Waals surface area contributed by atoms with Crippen molar-refractivity contribution in [2.75, 3.05) is 18.6 Å². The molecule has 0 radical (unpaired) electrons. The minimum Gasteiger partial charge on any atom is -0.479 e. The van der Waals surface area contributed by atoms with Crippen molar-refractivity contribution in [2.24, 2.45) is 5.41 Å². The number of aliphatic carboxylic acids is 1. The number of thioether (sulfide) groups is 1. The number of amides is 1. The van der Waals surface area contributed by atoms with Crippen molar-refractivity contribution in [3.05, 3.63) is 0 Å². The van der Waals surface area contributed by atoms with Gasteiger partial charge in [-0.05, 0) is 13.2 Å². The van der Waals surface area contributed by atoms with Gasteiger partial charge < -0.3 is 15.2 Å². The Kier molecular flexibility index (Phi) is 5.26. The van der Waals surface area contributed by atoms with Crippen LogP contribution in [0, 0.1) is 5.41 Å². The van der Waals surface area contributed by atoms with Crippen LogP contribution < -0.4 is 5.32 Å². The highest BCUT2D eigenvalue weighted by atomic mass is 32.2. The van der Waals surface area contributed by atoms with E-state index in [0.717, 1.165) is 0 Å². The normalized spacial score (nSPS) is 28.5. The topological polar surface area (TPSA) is 75.6 Å². The van der Waals surface area contributed by atoms with Crippen LogP contribution in [-0.4, -0.2) is 47.2 Å². The SMILES string of the molecule is CCOC1CC(NC(=O)CCSC)(C(=O)O)C1(C)C. The molecule has 0 aliphatic heterocycles. The molecule has 1 rings (SSSR count). The van der Waals surface area contributed by atoms with Crippen LogP contribution in [0.5, 0.6) is 0 Å². The summed E-state index contributed by atoms with van der Waals surface area (Å²) in [5.74, 6) is -0.498. The molecule has 19 heavy (non-hydrogen) atoms. The molecule has 2 atom stereocenters. The van der Waals surface area contributed by atoms with E-state index >= 15 is 0 Å². The minimum absolute atomic E-state index is 0.130. The quantitative estimate of drug-likeness (QED) is 0.743. The summed E-state index contributed by atoms with van der Waals surface area (Å²) >= 11 is 1.57. The first kappa shape index (κ1) is 16.3. The predicted molar refractivity (Wildman–Crippen MR) is 75.3 cm³/mol. The van der Waals surface area contributed by atoms with E-state index in [0.29, 0.717) is 25.2 Å². The molecule has 0 aromatic carbocycles. The van der Waals surface area contributed by atoms with Gasteiger partial charge >= 0.3 is 5.97 Å². The molecule has 0 bridgehead atoms. The van der Waals surface area contributed by atoms with E-state index in [2.05, 4.69) is 5.32 Å². The van der Waals surface area contributed by atoms with Crippen LogP contribution in [0.1, 0.15) is 33.6 Å². The molecule has 5 nitrogen and oxygen atoms in total. The Morgan fingerprint density at radius 3 is 2.53 bits per heavy atom. The molecule has 6 heteroatoms. The molecule has 1 aliphatic rings. The summed E-state index contributed by atoms with van der Waals surface area (Å²) in [6.07, 6.45) is 2.45. The van der Waals surface area contributed by atoms with E-state index in [4.69, 9.17) is 4.74 Å². The molecule has 0 heterocycles. The molecule has 2 unspecified atom stereocenters. The average molecular weight is 289 g/mol. The number of nitrogens with one attached hydrogen (secondary N) is 1. The second-order valence-electron chi connectivity index (χ2n) is 5.37. The third-order valence-corrected chi connectivity index (χ3v) is 4.63. The lowest BCUT2D eigenvalue weighted by Crippen LogP contribution is -2.76. The number of carbonyl (C=O) groups is 2. The molecule has 1 amide bonds. The van der Waals surface area contributed by atoms with Gasteiger partial charge in [0.15, 0.2) is 0 Å². The summed E-state index contributed by atoms with van der Waals surface area (Å²) in [5.41, 5.74) is -1.81. The number of carboxylic acid groups (broad SMARTS) is 1. The molecule has 1 saturated carbocycles. The van der Waals surface area contributed by atoms with Crippen LogP contribution in [-0.2, 0) is 14.3 Å². The van der Waals surface area contributed by atoms with Gasteiger partial charge in [0.05, 0.1) is 6.10 Å². The summed E-state index contributed by atoms with van der Waals surface area (Å²) in [4.78, 5) is 23.4. The van der Waals surface area contributed by atoms with E-state index in [1.807, 2.05) is 27.0 Å². The average Bonchev–Trinajstić information content (AvgIpc) is 2.34. The molecule has 110 valence electrons. The second kappa shape index (κ2) is 6.13.